The molecule has 1 aromatic heterocycles. The van der Waals surface area contributed by atoms with E-state index in [0.29, 0.717) is 17.8 Å². The van der Waals surface area contributed by atoms with E-state index in [-0.39, 0.29) is 11.5 Å². The molecule has 1 N–H and O–H groups in total. The summed E-state index contributed by atoms with van der Waals surface area (Å²) in [4.78, 5) is 24.4. The molecule has 0 saturated carbocycles. The third-order valence-corrected chi connectivity index (χ3v) is 4.07. The minimum absolute atomic E-state index is 0.144. The van der Waals surface area contributed by atoms with Gasteiger partial charge in [0.2, 0.25) is 0 Å². The van der Waals surface area contributed by atoms with E-state index in [1.807, 2.05) is 54.6 Å². The van der Waals surface area contributed by atoms with Gasteiger partial charge in [0.05, 0.1) is 12.1 Å². The molecule has 24 heavy (non-hydrogen) atoms. The molecule has 0 spiro atoms. The number of nitrogens with one attached hydrogen (secondary N) is 1. The average Bonchev–Trinajstić information content (AvgIpc) is 2.59. The fourth-order valence-corrected chi connectivity index (χ4v) is 2.56. The molecule has 0 fully saturated rings. The summed E-state index contributed by atoms with van der Waals surface area (Å²) in [6.45, 7) is 0.415. The zero-order chi connectivity index (χ0) is 16.9. The number of carbonyl (C=O) groups is 1. The number of hydrogen-bond donors (Lipinski definition) is 1. The second-order valence-electron chi connectivity index (χ2n) is 5.33. The highest BCUT2D eigenvalue weighted by Gasteiger charge is 2.08. The second kappa shape index (κ2) is 7.27. The van der Waals surface area contributed by atoms with Crippen LogP contribution < -0.4 is 10.9 Å². The molecule has 4 nitrogen and oxygen atoms in total. The lowest BCUT2D eigenvalue weighted by atomic mass is 10.2. The number of para-hydroxylation sites is 1. The van der Waals surface area contributed by atoms with Crippen molar-refractivity contribution in [2.75, 3.05) is 5.32 Å². The Hall–Kier alpha value is -2.66. The second-order valence-corrected chi connectivity index (χ2v) is 6.25. The number of halogens is 1. The van der Waals surface area contributed by atoms with Gasteiger partial charge in [-0.25, -0.2) is 0 Å². The third-order valence-electron chi connectivity index (χ3n) is 3.54. The zero-order valence-electron chi connectivity index (χ0n) is 12.8. The van der Waals surface area contributed by atoms with Gasteiger partial charge in [-0.1, -0.05) is 46.3 Å². The maximum absolute atomic E-state index is 12.3. The highest BCUT2D eigenvalue weighted by Crippen LogP contribution is 2.12. The van der Waals surface area contributed by atoms with E-state index in [0.717, 1.165) is 10.0 Å². The molecular formula is C19H15BrN2O2. The van der Waals surface area contributed by atoms with Crippen molar-refractivity contribution in [2.24, 2.45) is 0 Å². The van der Waals surface area contributed by atoms with Gasteiger partial charge in [-0.15, -0.1) is 0 Å². The van der Waals surface area contributed by atoms with Crippen molar-refractivity contribution in [1.29, 1.82) is 0 Å². The summed E-state index contributed by atoms with van der Waals surface area (Å²) in [5.41, 5.74) is 2.00. The molecule has 0 bridgehead atoms. The Bertz CT molecular complexity index is 903. The maximum atomic E-state index is 12.3. The van der Waals surface area contributed by atoms with Gasteiger partial charge in [0.25, 0.3) is 11.5 Å². The first kappa shape index (κ1) is 16.2. The Morgan fingerprint density at radius 2 is 1.67 bits per heavy atom. The summed E-state index contributed by atoms with van der Waals surface area (Å²) >= 11 is 3.39. The van der Waals surface area contributed by atoms with Crippen molar-refractivity contribution in [3.05, 3.63) is 98.9 Å². The largest absolute Gasteiger partial charge is 0.322 e. The Balaban J connectivity index is 1.81. The number of aromatic nitrogens is 1. The van der Waals surface area contributed by atoms with Crippen molar-refractivity contribution < 1.29 is 4.79 Å². The van der Waals surface area contributed by atoms with Gasteiger partial charge in [-0.05, 0) is 35.9 Å². The Kier molecular flexibility index (Phi) is 4.91. The van der Waals surface area contributed by atoms with Crippen LogP contribution in [0.25, 0.3) is 0 Å². The van der Waals surface area contributed by atoms with E-state index in [1.54, 1.807) is 12.3 Å². The highest BCUT2D eigenvalue weighted by atomic mass is 79.9. The van der Waals surface area contributed by atoms with Crippen molar-refractivity contribution in [1.82, 2.24) is 4.57 Å². The van der Waals surface area contributed by atoms with Gasteiger partial charge >= 0.3 is 0 Å². The van der Waals surface area contributed by atoms with E-state index in [9.17, 15) is 9.59 Å². The molecule has 3 rings (SSSR count). The molecule has 1 heterocycles. The lowest BCUT2D eigenvalue weighted by Crippen LogP contribution is -2.22. The van der Waals surface area contributed by atoms with Crippen LogP contribution in [0.1, 0.15) is 15.9 Å². The number of hydrogen-bond acceptors (Lipinski definition) is 2. The van der Waals surface area contributed by atoms with Crippen molar-refractivity contribution in [2.45, 2.75) is 6.54 Å². The van der Waals surface area contributed by atoms with Gasteiger partial charge in [0, 0.05) is 22.4 Å². The number of benzene rings is 2. The third kappa shape index (κ3) is 4.00. The minimum Gasteiger partial charge on any atom is -0.322 e. The SMILES string of the molecule is O=C(Nc1ccccc1)c1ccc(=O)n(Cc2ccc(Br)cc2)c1. The van der Waals surface area contributed by atoms with E-state index in [1.165, 1.54) is 10.6 Å². The molecule has 1 amide bonds. The number of amides is 1. The Morgan fingerprint density at radius 3 is 2.38 bits per heavy atom. The fraction of sp³-hybridized carbons (Fsp3) is 0.0526. The lowest BCUT2D eigenvalue weighted by Gasteiger charge is -2.09. The smallest absolute Gasteiger partial charge is 0.257 e. The summed E-state index contributed by atoms with van der Waals surface area (Å²) in [7, 11) is 0. The van der Waals surface area contributed by atoms with E-state index < -0.39 is 0 Å². The van der Waals surface area contributed by atoms with E-state index >= 15 is 0 Å². The number of carbonyl (C=O) groups excluding carboxylic acids is 1. The molecule has 0 aliphatic heterocycles. The predicted octanol–water partition coefficient (Wildman–Crippen LogP) is 3.91. The molecule has 0 aliphatic rings. The molecule has 3 aromatic rings. The van der Waals surface area contributed by atoms with Gasteiger partial charge < -0.3 is 9.88 Å². The molecule has 120 valence electrons. The molecule has 0 aliphatic carbocycles. The first-order valence-corrected chi connectivity index (χ1v) is 8.22. The standard InChI is InChI=1S/C19H15BrN2O2/c20-16-9-6-14(7-10-16)12-22-13-15(8-11-18(22)23)19(24)21-17-4-2-1-3-5-17/h1-11,13H,12H2,(H,21,24). The molecule has 0 atom stereocenters. The fourth-order valence-electron chi connectivity index (χ4n) is 2.30. The van der Waals surface area contributed by atoms with E-state index in [2.05, 4.69) is 21.2 Å². The zero-order valence-corrected chi connectivity index (χ0v) is 14.4. The number of nitrogens with zero attached hydrogens (tertiary/aromatic N) is 1. The molecule has 2 aromatic carbocycles. The molecule has 0 radical (unpaired) electrons. The van der Waals surface area contributed by atoms with Crippen molar-refractivity contribution >= 4 is 27.5 Å². The number of pyridine rings is 1. The van der Waals surface area contributed by atoms with Crippen LogP contribution >= 0.6 is 15.9 Å². The van der Waals surface area contributed by atoms with Crippen LogP contribution in [0.4, 0.5) is 5.69 Å². The predicted molar refractivity (Wildman–Crippen MR) is 98.3 cm³/mol. The molecule has 5 heteroatoms. The summed E-state index contributed by atoms with van der Waals surface area (Å²) in [5.74, 6) is -0.245. The Labute approximate surface area is 147 Å². The summed E-state index contributed by atoms with van der Waals surface area (Å²) in [6.07, 6.45) is 1.59. The highest BCUT2D eigenvalue weighted by molar-refractivity contribution is 9.10. The summed E-state index contributed by atoms with van der Waals surface area (Å²) < 4.78 is 2.51. The summed E-state index contributed by atoms with van der Waals surface area (Å²) in [5, 5.41) is 2.82. The normalized spacial score (nSPS) is 10.4. The van der Waals surface area contributed by atoms with Crippen molar-refractivity contribution in [3.8, 4) is 0 Å². The van der Waals surface area contributed by atoms with Gasteiger partial charge in [-0.2, -0.15) is 0 Å². The van der Waals surface area contributed by atoms with Crippen LogP contribution in [0.15, 0.2) is 82.2 Å². The van der Waals surface area contributed by atoms with Crippen LogP contribution in [0.5, 0.6) is 0 Å². The summed E-state index contributed by atoms with van der Waals surface area (Å²) in [6, 6.07) is 19.9. The molecule has 0 saturated heterocycles. The van der Waals surface area contributed by atoms with Crippen LogP contribution in [-0.4, -0.2) is 10.5 Å². The van der Waals surface area contributed by atoms with Crippen molar-refractivity contribution in [3.63, 3.8) is 0 Å². The number of anilines is 1. The molecular weight excluding hydrogens is 368 g/mol. The number of rotatable bonds is 4. The average molecular weight is 383 g/mol. The van der Waals surface area contributed by atoms with Crippen LogP contribution in [0.3, 0.4) is 0 Å². The maximum Gasteiger partial charge on any atom is 0.257 e. The van der Waals surface area contributed by atoms with Gasteiger partial charge in [-0.3, -0.25) is 9.59 Å². The lowest BCUT2D eigenvalue weighted by molar-refractivity contribution is 0.102. The van der Waals surface area contributed by atoms with Crippen LogP contribution in [0.2, 0.25) is 0 Å². The molecule has 0 unspecified atom stereocenters. The first-order valence-electron chi connectivity index (χ1n) is 7.43. The monoisotopic (exact) mass is 382 g/mol. The Morgan fingerprint density at radius 1 is 0.958 bits per heavy atom. The van der Waals surface area contributed by atoms with Gasteiger partial charge in [0.1, 0.15) is 0 Å². The van der Waals surface area contributed by atoms with Crippen LogP contribution in [-0.2, 0) is 6.54 Å². The quantitative estimate of drug-likeness (QED) is 0.743. The van der Waals surface area contributed by atoms with E-state index in [4.69, 9.17) is 0 Å². The van der Waals surface area contributed by atoms with Crippen LogP contribution in [0, 0.1) is 0 Å². The minimum atomic E-state index is -0.245. The first-order chi connectivity index (χ1) is 11.6. The topological polar surface area (TPSA) is 51.1 Å². The van der Waals surface area contributed by atoms with Gasteiger partial charge in [0.15, 0.2) is 0 Å².